The molecule has 3 nitrogen and oxygen atoms in total. The van der Waals surface area contributed by atoms with Crippen molar-refractivity contribution in [1.29, 1.82) is 0 Å². The van der Waals surface area contributed by atoms with Crippen LogP contribution in [-0.4, -0.2) is 16.4 Å². The molecule has 20 heavy (non-hydrogen) atoms. The van der Waals surface area contributed by atoms with Crippen LogP contribution in [0.15, 0.2) is 36.5 Å². The largest absolute Gasteiger partial charge is 0.375 e. The predicted molar refractivity (Wildman–Crippen MR) is 84.4 cm³/mol. The molecule has 0 atom stereocenters. The van der Waals surface area contributed by atoms with Crippen LogP contribution in [-0.2, 0) is 13.1 Å². The van der Waals surface area contributed by atoms with Crippen molar-refractivity contribution in [1.82, 2.24) is 9.88 Å². The molecular formula is C16H21N3S. The van der Waals surface area contributed by atoms with Gasteiger partial charge in [-0.25, -0.2) is 4.98 Å². The first kappa shape index (κ1) is 13.6. The number of nitrogens with two attached hydrogens (primary N) is 1. The van der Waals surface area contributed by atoms with Crippen LogP contribution < -0.4 is 5.73 Å². The number of hydrogen-bond donors (Lipinski definition) is 1. The van der Waals surface area contributed by atoms with Crippen molar-refractivity contribution < 1.29 is 0 Å². The predicted octanol–water partition coefficient (Wildman–Crippen LogP) is 3.53. The van der Waals surface area contributed by atoms with Gasteiger partial charge in [0.25, 0.3) is 0 Å². The number of aromatic nitrogens is 1. The Morgan fingerprint density at radius 2 is 2.00 bits per heavy atom. The monoisotopic (exact) mass is 287 g/mol. The summed E-state index contributed by atoms with van der Waals surface area (Å²) in [7, 11) is 0. The highest BCUT2D eigenvalue weighted by Crippen LogP contribution is 2.28. The Hall–Kier alpha value is -1.39. The van der Waals surface area contributed by atoms with Crippen LogP contribution in [0.25, 0.3) is 0 Å². The second-order valence-electron chi connectivity index (χ2n) is 5.62. The first-order valence-corrected chi connectivity index (χ1v) is 8.08. The summed E-state index contributed by atoms with van der Waals surface area (Å²) in [6, 6.07) is 10.7. The maximum atomic E-state index is 5.73. The van der Waals surface area contributed by atoms with Gasteiger partial charge in [-0.05, 0) is 24.3 Å². The van der Waals surface area contributed by atoms with Gasteiger partial charge in [-0.1, -0.05) is 36.8 Å². The van der Waals surface area contributed by atoms with Gasteiger partial charge in [-0.15, -0.1) is 11.3 Å². The smallest absolute Gasteiger partial charge is 0.180 e. The molecule has 2 aromatic rings. The van der Waals surface area contributed by atoms with E-state index in [0.29, 0.717) is 5.13 Å². The fraction of sp³-hybridized carbons (Fsp3) is 0.438. The molecule has 0 radical (unpaired) electrons. The third-order valence-electron chi connectivity index (χ3n) is 3.94. The van der Waals surface area contributed by atoms with Crippen molar-refractivity contribution in [2.45, 2.75) is 32.4 Å². The fourth-order valence-corrected chi connectivity index (χ4v) is 3.41. The Morgan fingerprint density at radius 1 is 1.20 bits per heavy atom. The summed E-state index contributed by atoms with van der Waals surface area (Å²) in [5, 5.41) is 0.670. The van der Waals surface area contributed by atoms with E-state index in [9.17, 15) is 0 Å². The van der Waals surface area contributed by atoms with Crippen LogP contribution in [0.1, 0.15) is 29.7 Å². The van der Waals surface area contributed by atoms with Gasteiger partial charge in [0.1, 0.15) is 0 Å². The summed E-state index contributed by atoms with van der Waals surface area (Å²) in [5.74, 6) is 0.879. The third kappa shape index (κ3) is 3.58. The van der Waals surface area contributed by atoms with Crippen LogP contribution in [0.4, 0.5) is 5.13 Å². The van der Waals surface area contributed by atoms with Crippen molar-refractivity contribution in [3.63, 3.8) is 0 Å². The lowest BCUT2D eigenvalue weighted by atomic mass is 9.85. The van der Waals surface area contributed by atoms with E-state index in [4.69, 9.17) is 5.73 Å². The maximum Gasteiger partial charge on any atom is 0.180 e. The first-order valence-electron chi connectivity index (χ1n) is 7.26. The average molecular weight is 287 g/mol. The topological polar surface area (TPSA) is 42.1 Å². The van der Waals surface area contributed by atoms with Gasteiger partial charge in [0.05, 0.1) is 0 Å². The number of anilines is 1. The number of thiazole rings is 1. The van der Waals surface area contributed by atoms with Crippen LogP contribution in [0.3, 0.4) is 0 Å². The third-order valence-corrected chi connectivity index (χ3v) is 4.75. The van der Waals surface area contributed by atoms with Crippen molar-refractivity contribution >= 4 is 16.5 Å². The molecule has 4 heteroatoms. The van der Waals surface area contributed by atoms with Crippen LogP contribution in [0, 0.1) is 5.92 Å². The molecule has 2 N–H and O–H groups in total. The van der Waals surface area contributed by atoms with Crippen molar-refractivity contribution in [3.8, 4) is 0 Å². The van der Waals surface area contributed by atoms with Gasteiger partial charge in [0.15, 0.2) is 5.13 Å². The lowest BCUT2D eigenvalue weighted by molar-refractivity contribution is 0.166. The van der Waals surface area contributed by atoms with E-state index in [2.05, 4.69) is 40.2 Å². The van der Waals surface area contributed by atoms with E-state index in [0.717, 1.165) is 19.0 Å². The Balaban J connectivity index is 1.66. The summed E-state index contributed by atoms with van der Waals surface area (Å²) >= 11 is 1.60. The highest BCUT2D eigenvalue weighted by Gasteiger charge is 2.21. The molecular weight excluding hydrogens is 266 g/mol. The molecule has 1 heterocycles. The number of nitrogen functional groups attached to an aromatic ring is 1. The Morgan fingerprint density at radius 3 is 2.60 bits per heavy atom. The van der Waals surface area contributed by atoms with E-state index in [1.54, 1.807) is 11.3 Å². The minimum absolute atomic E-state index is 0.670. The summed E-state index contributed by atoms with van der Waals surface area (Å²) in [6.07, 6.45) is 6.09. The first-order chi connectivity index (χ1) is 9.79. The molecule has 0 spiro atoms. The van der Waals surface area contributed by atoms with Crippen molar-refractivity contribution in [3.05, 3.63) is 47.0 Å². The molecule has 1 aliphatic rings. The number of nitrogens with zero attached hydrogens (tertiary/aromatic N) is 2. The summed E-state index contributed by atoms with van der Waals surface area (Å²) in [6.45, 7) is 3.15. The Labute approximate surface area is 124 Å². The minimum Gasteiger partial charge on any atom is -0.375 e. The summed E-state index contributed by atoms with van der Waals surface area (Å²) < 4.78 is 0. The Kier molecular flexibility index (Phi) is 4.33. The molecule has 0 saturated heterocycles. The zero-order valence-corrected chi connectivity index (χ0v) is 12.5. The summed E-state index contributed by atoms with van der Waals surface area (Å²) in [4.78, 5) is 7.96. The van der Waals surface area contributed by atoms with Gasteiger partial charge in [0.2, 0.25) is 0 Å². The molecule has 0 amide bonds. The molecule has 1 aromatic carbocycles. The fourth-order valence-electron chi connectivity index (χ4n) is 2.68. The van der Waals surface area contributed by atoms with Crippen molar-refractivity contribution in [2.24, 2.45) is 5.92 Å². The molecule has 3 rings (SSSR count). The standard InChI is InChI=1S/C16H21N3S/c17-16-18-9-15(20-16)12-19(11-14-7-4-8-14)10-13-5-2-1-3-6-13/h1-3,5-6,9,14H,4,7-8,10-12H2,(H2,17,18). The van der Waals surface area contributed by atoms with E-state index in [-0.39, 0.29) is 0 Å². The van der Waals surface area contributed by atoms with Gasteiger partial charge in [-0.3, -0.25) is 4.90 Å². The zero-order chi connectivity index (χ0) is 13.8. The molecule has 0 aliphatic heterocycles. The lowest BCUT2D eigenvalue weighted by Crippen LogP contribution is -2.31. The van der Waals surface area contributed by atoms with Gasteiger partial charge in [0, 0.05) is 30.7 Å². The maximum absolute atomic E-state index is 5.73. The lowest BCUT2D eigenvalue weighted by Gasteiger charge is -2.32. The summed E-state index contributed by atoms with van der Waals surface area (Å²) in [5.41, 5.74) is 7.11. The number of benzene rings is 1. The zero-order valence-electron chi connectivity index (χ0n) is 11.7. The van der Waals surface area contributed by atoms with Gasteiger partial charge < -0.3 is 5.73 Å². The van der Waals surface area contributed by atoms with Crippen LogP contribution in [0.2, 0.25) is 0 Å². The average Bonchev–Trinajstić information content (AvgIpc) is 2.80. The quantitative estimate of drug-likeness (QED) is 0.884. The van der Waals surface area contributed by atoms with E-state index in [1.807, 2.05) is 6.20 Å². The molecule has 1 fully saturated rings. The minimum atomic E-state index is 0.670. The van der Waals surface area contributed by atoms with E-state index >= 15 is 0 Å². The molecule has 106 valence electrons. The normalized spacial score (nSPS) is 15.4. The van der Waals surface area contributed by atoms with Crippen LogP contribution >= 0.6 is 11.3 Å². The molecule has 0 bridgehead atoms. The molecule has 1 aromatic heterocycles. The van der Waals surface area contributed by atoms with Crippen molar-refractivity contribution in [2.75, 3.05) is 12.3 Å². The van der Waals surface area contributed by atoms with Crippen LogP contribution in [0.5, 0.6) is 0 Å². The highest BCUT2D eigenvalue weighted by molar-refractivity contribution is 7.15. The number of hydrogen-bond acceptors (Lipinski definition) is 4. The van der Waals surface area contributed by atoms with Gasteiger partial charge >= 0.3 is 0 Å². The van der Waals surface area contributed by atoms with Gasteiger partial charge in [-0.2, -0.15) is 0 Å². The second kappa shape index (κ2) is 6.37. The molecule has 1 saturated carbocycles. The SMILES string of the molecule is Nc1ncc(CN(Cc2ccccc2)CC2CCC2)s1. The highest BCUT2D eigenvalue weighted by atomic mass is 32.1. The van der Waals surface area contributed by atoms with E-state index in [1.165, 1.54) is 36.2 Å². The second-order valence-corrected chi connectivity index (χ2v) is 6.76. The molecule has 1 aliphatic carbocycles. The Bertz CT molecular complexity index is 534. The molecule has 0 unspecified atom stereocenters. The van der Waals surface area contributed by atoms with E-state index < -0.39 is 0 Å². The number of rotatable bonds is 6.